The van der Waals surface area contributed by atoms with E-state index in [0.717, 1.165) is 22.9 Å². The highest BCUT2D eigenvalue weighted by Gasteiger charge is 2.15. The number of carboxylic acids is 1. The molecule has 4 aromatic carbocycles. The molecule has 0 bridgehead atoms. The number of ether oxygens (including phenoxy) is 2. The van der Waals surface area contributed by atoms with Crippen LogP contribution in [0, 0.1) is 0 Å². The Balaban J connectivity index is 1.29. The number of aliphatic hydroxyl groups is 1. The van der Waals surface area contributed by atoms with Crippen LogP contribution in [-0.2, 0) is 16.6 Å². The van der Waals surface area contributed by atoms with Crippen molar-refractivity contribution in [2.45, 2.75) is 12.7 Å². The van der Waals surface area contributed by atoms with Crippen LogP contribution in [0.1, 0.15) is 27.6 Å². The summed E-state index contributed by atoms with van der Waals surface area (Å²) in [6.45, 7) is 1.32. The van der Waals surface area contributed by atoms with Crippen LogP contribution in [0.25, 0.3) is 11.1 Å². The maximum absolute atomic E-state index is 12.0. The molecule has 4 rings (SSSR count). The molecule has 0 fully saturated rings. The molecular formula is C33H37N3O7S. The molecule has 232 valence electrons. The second-order valence-electron chi connectivity index (χ2n) is 10.4. The van der Waals surface area contributed by atoms with Gasteiger partial charge in [-0.2, -0.15) is 0 Å². The van der Waals surface area contributed by atoms with Crippen molar-refractivity contribution in [2.75, 3.05) is 49.7 Å². The van der Waals surface area contributed by atoms with Crippen molar-refractivity contribution in [1.82, 2.24) is 5.32 Å². The predicted octanol–water partition coefficient (Wildman–Crippen LogP) is 4.77. The van der Waals surface area contributed by atoms with Crippen LogP contribution in [0.4, 0.5) is 11.4 Å². The molecule has 0 saturated heterocycles. The number of hydrogen-bond donors (Lipinski definition) is 4. The van der Waals surface area contributed by atoms with Crippen LogP contribution in [0.2, 0.25) is 0 Å². The van der Waals surface area contributed by atoms with Gasteiger partial charge in [0.15, 0.2) is 0 Å². The zero-order chi connectivity index (χ0) is 31.7. The second kappa shape index (κ2) is 14.7. The van der Waals surface area contributed by atoms with E-state index >= 15 is 0 Å². The second-order valence-corrected chi connectivity index (χ2v) is 12.2. The van der Waals surface area contributed by atoms with Crippen LogP contribution < -0.4 is 24.4 Å². The average molecular weight is 620 g/mol. The molecule has 0 spiro atoms. The Kier molecular flexibility index (Phi) is 10.8. The molecule has 0 radical (unpaired) electrons. The fraction of sp³-hybridized carbons (Fsp3) is 0.242. The van der Waals surface area contributed by atoms with Gasteiger partial charge in [-0.1, -0.05) is 54.6 Å². The molecule has 11 heteroatoms. The van der Waals surface area contributed by atoms with Gasteiger partial charge in [-0.25, -0.2) is 13.2 Å². The molecular weight excluding hydrogens is 582 g/mol. The highest BCUT2D eigenvalue weighted by Crippen LogP contribution is 2.31. The van der Waals surface area contributed by atoms with Crippen molar-refractivity contribution in [3.05, 3.63) is 108 Å². The molecule has 1 atom stereocenters. The number of benzene rings is 4. The SMILES string of the molecule is CN(C)c1cc(-c2ccc(OCCNC[C@@H](O)c3ccc(OCc4ccccc4)c(NS(C)(=O)=O)c3)cc2)ccc1C(=O)O. The lowest BCUT2D eigenvalue weighted by Crippen LogP contribution is -2.26. The lowest BCUT2D eigenvalue weighted by atomic mass is 10.0. The van der Waals surface area contributed by atoms with E-state index in [1.54, 1.807) is 35.2 Å². The maximum atomic E-state index is 12.0. The van der Waals surface area contributed by atoms with Gasteiger partial charge in [-0.05, 0) is 58.7 Å². The molecule has 0 aliphatic rings. The Labute approximate surface area is 257 Å². The Bertz CT molecular complexity index is 1660. The Morgan fingerprint density at radius 3 is 2.27 bits per heavy atom. The highest BCUT2D eigenvalue weighted by molar-refractivity contribution is 7.92. The van der Waals surface area contributed by atoms with Gasteiger partial charge in [0, 0.05) is 27.2 Å². The van der Waals surface area contributed by atoms with Crippen molar-refractivity contribution >= 4 is 27.4 Å². The minimum atomic E-state index is -3.57. The van der Waals surface area contributed by atoms with Crippen molar-refractivity contribution in [1.29, 1.82) is 0 Å². The van der Waals surface area contributed by atoms with Gasteiger partial charge in [0.25, 0.3) is 0 Å². The fourth-order valence-corrected chi connectivity index (χ4v) is 5.06. The molecule has 0 unspecified atom stereocenters. The normalized spacial score (nSPS) is 11.9. The third-order valence-electron chi connectivity index (χ3n) is 6.70. The minimum Gasteiger partial charge on any atom is -0.492 e. The average Bonchev–Trinajstić information content (AvgIpc) is 2.99. The smallest absolute Gasteiger partial charge is 0.337 e. The molecule has 0 aliphatic heterocycles. The topological polar surface area (TPSA) is 137 Å². The first-order valence-corrected chi connectivity index (χ1v) is 15.8. The number of nitrogens with zero attached hydrogens (tertiary/aromatic N) is 1. The number of anilines is 2. The summed E-state index contributed by atoms with van der Waals surface area (Å²) in [4.78, 5) is 13.3. The molecule has 10 nitrogen and oxygen atoms in total. The van der Waals surface area contributed by atoms with E-state index in [9.17, 15) is 23.4 Å². The number of aromatic carboxylic acids is 1. The molecule has 0 amide bonds. The predicted molar refractivity (Wildman–Crippen MR) is 172 cm³/mol. The molecule has 44 heavy (non-hydrogen) atoms. The van der Waals surface area contributed by atoms with Gasteiger partial charge in [0.2, 0.25) is 10.0 Å². The number of hydrogen-bond acceptors (Lipinski definition) is 8. The minimum absolute atomic E-state index is 0.228. The number of carbonyl (C=O) groups is 1. The number of aliphatic hydroxyl groups excluding tert-OH is 1. The van der Waals surface area contributed by atoms with Crippen LogP contribution in [0.3, 0.4) is 0 Å². The monoisotopic (exact) mass is 619 g/mol. The van der Waals surface area contributed by atoms with Gasteiger partial charge in [-0.15, -0.1) is 0 Å². The van der Waals surface area contributed by atoms with Gasteiger partial charge in [-0.3, -0.25) is 4.72 Å². The molecule has 0 saturated carbocycles. The van der Waals surface area contributed by atoms with E-state index in [2.05, 4.69) is 10.0 Å². The highest BCUT2D eigenvalue weighted by atomic mass is 32.2. The molecule has 0 heterocycles. The number of nitrogens with one attached hydrogen (secondary N) is 2. The van der Waals surface area contributed by atoms with E-state index in [4.69, 9.17) is 9.47 Å². The van der Waals surface area contributed by atoms with Crippen LogP contribution in [0.15, 0.2) is 91.0 Å². The lowest BCUT2D eigenvalue weighted by molar-refractivity contribution is 0.0697. The van der Waals surface area contributed by atoms with Crippen molar-refractivity contribution in [2.24, 2.45) is 0 Å². The molecule has 4 aromatic rings. The first-order chi connectivity index (χ1) is 21.0. The van der Waals surface area contributed by atoms with E-state index in [1.807, 2.05) is 74.8 Å². The molecule has 0 aromatic heterocycles. The number of carboxylic acid groups (broad SMARTS) is 1. The number of sulfonamides is 1. The van der Waals surface area contributed by atoms with Gasteiger partial charge < -0.3 is 29.9 Å². The van der Waals surface area contributed by atoms with Crippen LogP contribution >= 0.6 is 0 Å². The summed E-state index contributed by atoms with van der Waals surface area (Å²) in [5.41, 5.74) is 4.41. The first kappa shape index (κ1) is 32.3. The first-order valence-electron chi connectivity index (χ1n) is 14.0. The quantitative estimate of drug-likeness (QED) is 0.139. The fourth-order valence-electron chi connectivity index (χ4n) is 4.50. The van der Waals surface area contributed by atoms with Crippen LogP contribution in [0.5, 0.6) is 11.5 Å². The third-order valence-corrected chi connectivity index (χ3v) is 7.29. The Morgan fingerprint density at radius 1 is 0.909 bits per heavy atom. The van der Waals surface area contributed by atoms with Crippen LogP contribution in [-0.4, -0.2) is 64.6 Å². The van der Waals surface area contributed by atoms with E-state index in [0.29, 0.717) is 35.9 Å². The lowest BCUT2D eigenvalue weighted by Gasteiger charge is -2.17. The summed E-state index contributed by atoms with van der Waals surface area (Å²) in [6, 6.07) is 27.2. The Hall–Kier alpha value is -4.58. The largest absolute Gasteiger partial charge is 0.492 e. The zero-order valence-corrected chi connectivity index (χ0v) is 25.7. The summed E-state index contributed by atoms with van der Waals surface area (Å²) in [7, 11) is 0.0430. The summed E-state index contributed by atoms with van der Waals surface area (Å²) >= 11 is 0. The van der Waals surface area contributed by atoms with E-state index < -0.39 is 22.1 Å². The van der Waals surface area contributed by atoms with Crippen molar-refractivity contribution in [3.63, 3.8) is 0 Å². The van der Waals surface area contributed by atoms with E-state index in [1.165, 1.54) is 0 Å². The van der Waals surface area contributed by atoms with Gasteiger partial charge in [0.05, 0.1) is 29.3 Å². The summed E-state index contributed by atoms with van der Waals surface area (Å²) in [5, 5.41) is 23.3. The number of rotatable bonds is 15. The van der Waals surface area contributed by atoms with Crippen molar-refractivity contribution < 1.29 is 32.9 Å². The van der Waals surface area contributed by atoms with E-state index in [-0.39, 0.29) is 24.4 Å². The Morgan fingerprint density at radius 2 is 1.61 bits per heavy atom. The maximum Gasteiger partial charge on any atom is 0.337 e. The summed E-state index contributed by atoms with van der Waals surface area (Å²) in [6.07, 6.45) is 0.170. The standard InChI is InChI=1S/C33H37N3O7S/c1-36(2)30-20-25(11-15-28(30)33(38)39)24-9-13-27(14-10-24)42-18-17-34-21-31(37)26-12-16-32(29(19-26)35-44(3,40)41)43-22-23-7-5-4-6-8-23/h4-16,19-20,31,34-35,37H,17-18,21-22H2,1-3H3,(H,38,39)/t31-/m1/s1. The molecule has 0 aliphatic carbocycles. The van der Waals surface area contributed by atoms with Gasteiger partial charge in [0.1, 0.15) is 24.7 Å². The zero-order valence-electron chi connectivity index (χ0n) is 24.9. The third kappa shape index (κ3) is 9.21. The summed E-state index contributed by atoms with van der Waals surface area (Å²) in [5.74, 6) is 0.0626. The van der Waals surface area contributed by atoms with Gasteiger partial charge >= 0.3 is 5.97 Å². The molecule has 4 N–H and O–H groups in total. The van der Waals surface area contributed by atoms with Crippen molar-refractivity contribution in [3.8, 4) is 22.6 Å². The summed E-state index contributed by atoms with van der Waals surface area (Å²) < 4.78 is 38.1.